The largest absolute Gasteiger partial charge is 0.460 e. The number of piperidine rings is 1. The monoisotopic (exact) mass is 391 g/mol. The topological polar surface area (TPSA) is 63.7 Å². The molecule has 0 N–H and O–H groups in total. The quantitative estimate of drug-likeness (QED) is 0.709. The van der Waals surface area contributed by atoms with E-state index in [4.69, 9.17) is 4.74 Å². The van der Waals surface area contributed by atoms with Gasteiger partial charge in [-0.25, -0.2) is 12.8 Å². The van der Waals surface area contributed by atoms with Crippen LogP contribution >= 0.6 is 0 Å². The molecule has 2 aromatic rings. The molecule has 0 saturated carbocycles. The van der Waals surface area contributed by atoms with Gasteiger partial charge in [-0.1, -0.05) is 36.8 Å². The molecule has 144 valence electrons. The molecule has 0 amide bonds. The third kappa shape index (κ3) is 4.93. The van der Waals surface area contributed by atoms with Gasteiger partial charge in [0.05, 0.1) is 11.3 Å². The number of hydrogen-bond donors (Lipinski definition) is 0. The van der Waals surface area contributed by atoms with Crippen LogP contribution in [0.4, 0.5) is 4.39 Å². The van der Waals surface area contributed by atoms with Gasteiger partial charge >= 0.3 is 5.97 Å². The number of sulfonamides is 1. The van der Waals surface area contributed by atoms with Gasteiger partial charge in [0.25, 0.3) is 0 Å². The van der Waals surface area contributed by atoms with E-state index in [9.17, 15) is 17.6 Å². The average Bonchev–Trinajstić information content (AvgIpc) is 2.68. The first kappa shape index (κ1) is 19.5. The normalized spacial score (nSPS) is 15.4. The van der Waals surface area contributed by atoms with Crippen molar-refractivity contribution in [2.75, 3.05) is 13.1 Å². The molecule has 0 aromatic heterocycles. The number of carbonyl (C=O) groups excluding carboxylic acids is 1. The lowest BCUT2D eigenvalue weighted by atomic mass is 10.1. The maximum absolute atomic E-state index is 13.5. The van der Waals surface area contributed by atoms with Gasteiger partial charge in [-0.3, -0.25) is 4.79 Å². The molecule has 0 radical (unpaired) electrons. The fraction of sp³-hybridized carbons (Fsp3) is 0.350. The molecule has 0 spiro atoms. The fourth-order valence-electron chi connectivity index (χ4n) is 3.02. The third-order valence-electron chi connectivity index (χ3n) is 4.57. The molecule has 1 heterocycles. The molecular formula is C20H22FNO4S. The minimum atomic E-state index is -3.48. The Morgan fingerprint density at radius 3 is 2.33 bits per heavy atom. The molecule has 0 unspecified atom stereocenters. The molecule has 0 aliphatic carbocycles. The van der Waals surface area contributed by atoms with Crippen molar-refractivity contribution in [3.63, 3.8) is 0 Å². The lowest BCUT2D eigenvalue weighted by molar-refractivity contribution is -0.144. The SMILES string of the molecule is O=C(Cc1ccc(S(=O)(=O)N2CCCCC2)cc1)OCc1ccccc1F. The standard InChI is InChI=1S/C20H22FNO4S/c21-19-7-3-2-6-17(19)15-26-20(23)14-16-8-10-18(11-9-16)27(24,25)22-12-4-1-5-13-22/h2-3,6-11H,1,4-5,12-15H2. The summed E-state index contributed by atoms with van der Waals surface area (Å²) in [7, 11) is -3.48. The zero-order chi connectivity index (χ0) is 19.3. The average molecular weight is 391 g/mol. The van der Waals surface area contributed by atoms with Gasteiger partial charge < -0.3 is 4.74 Å². The second-order valence-electron chi connectivity index (χ2n) is 6.54. The van der Waals surface area contributed by atoms with Crippen LogP contribution in [0.2, 0.25) is 0 Å². The molecule has 5 nitrogen and oxygen atoms in total. The van der Waals surface area contributed by atoms with Crippen LogP contribution in [0.5, 0.6) is 0 Å². The van der Waals surface area contributed by atoms with E-state index in [1.54, 1.807) is 30.3 Å². The zero-order valence-corrected chi connectivity index (χ0v) is 15.8. The number of hydrogen-bond acceptors (Lipinski definition) is 4. The van der Waals surface area contributed by atoms with E-state index in [2.05, 4.69) is 0 Å². The minimum Gasteiger partial charge on any atom is -0.460 e. The number of esters is 1. The van der Waals surface area contributed by atoms with E-state index in [-0.39, 0.29) is 17.9 Å². The maximum Gasteiger partial charge on any atom is 0.310 e. The summed E-state index contributed by atoms with van der Waals surface area (Å²) in [4.78, 5) is 12.2. The highest BCUT2D eigenvalue weighted by molar-refractivity contribution is 7.89. The fourth-order valence-corrected chi connectivity index (χ4v) is 4.54. The molecule has 1 fully saturated rings. The van der Waals surface area contributed by atoms with Crippen LogP contribution in [0.15, 0.2) is 53.4 Å². The first-order valence-corrected chi connectivity index (χ1v) is 10.4. The molecule has 0 bridgehead atoms. The zero-order valence-electron chi connectivity index (χ0n) is 14.9. The Balaban J connectivity index is 1.58. The lowest BCUT2D eigenvalue weighted by Gasteiger charge is -2.25. The van der Waals surface area contributed by atoms with Gasteiger partial charge in [0.2, 0.25) is 10.0 Å². The second-order valence-corrected chi connectivity index (χ2v) is 8.48. The van der Waals surface area contributed by atoms with Crippen LogP contribution in [0.3, 0.4) is 0 Å². The Hall–Kier alpha value is -2.25. The first-order chi connectivity index (χ1) is 13.0. The molecule has 0 atom stereocenters. The molecule has 3 rings (SSSR count). The van der Waals surface area contributed by atoms with Crippen LogP contribution in [-0.4, -0.2) is 31.8 Å². The highest BCUT2D eigenvalue weighted by atomic mass is 32.2. The van der Waals surface area contributed by atoms with Crippen molar-refractivity contribution in [1.29, 1.82) is 0 Å². The number of halogens is 1. The number of rotatable bonds is 6. The van der Waals surface area contributed by atoms with Crippen LogP contribution in [0.1, 0.15) is 30.4 Å². The molecule has 27 heavy (non-hydrogen) atoms. The second kappa shape index (κ2) is 8.63. The van der Waals surface area contributed by atoms with E-state index >= 15 is 0 Å². The summed E-state index contributed by atoms with van der Waals surface area (Å²) >= 11 is 0. The van der Waals surface area contributed by atoms with E-state index in [1.165, 1.54) is 22.5 Å². The van der Waals surface area contributed by atoms with E-state index < -0.39 is 21.8 Å². The van der Waals surface area contributed by atoms with Gasteiger partial charge in [0.1, 0.15) is 12.4 Å². The predicted molar refractivity (Wildman–Crippen MR) is 99.0 cm³/mol. The first-order valence-electron chi connectivity index (χ1n) is 8.95. The van der Waals surface area contributed by atoms with E-state index in [1.807, 2.05) is 0 Å². The molecule has 1 saturated heterocycles. The smallest absolute Gasteiger partial charge is 0.310 e. The Morgan fingerprint density at radius 2 is 1.67 bits per heavy atom. The lowest BCUT2D eigenvalue weighted by Crippen LogP contribution is -2.35. The van der Waals surface area contributed by atoms with Crippen molar-refractivity contribution in [2.24, 2.45) is 0 Å². The number of carbonyl (C=O) groups is 1. The van der Waals surface area contributed by atoms with Crippen LogP contribution in [0.25, 0.3) is 0 Å². The van der Waals surface area contributed by atoms with Crippen LogP contribution in [-0.2, 0) is 32.6 Å². The van der Waals surface area contributed by atoms with E-state index in [0.717, 1.165) is 19.3 Å². The molecule has 7 heteroatoms. The van der Waals surface area contributed by atoms with Gasteiger partial charge in [-0.15, -0.1) is 0 Å². The van der Waals surface area contributed by atoms with E-state index in [0.29, 0.717) is 24.2 Å². The van der Waals surface area contributed by atoms with Crippen molar-refractivity contribution < 1.29 is 22.3 Å². The van der Waals surface area contributed by atoms with Crippen molar-refractivity contribution in [2.45, 2.75) is 37.2 Å². The van der Waals surface area contributed by atoms with Crippen LogP contribution in [0, 0.1) is 5.82 Å². The Labute approximate surface area is 158 Å². The Kier molecular flexibility index (Phi) is 6.23. The summed E-state index contributed by atoms with van der Waals surface area (Å²) < 4.78 is 45.4. The van der Waals surface area contributed by atoms with Gasteiger partial charge in [-0.05, 0) is 36.6 Å². The summed E-state index contributed by atoms with van der Waals surface area (Å²) in [5, 5.41) is 0. The number of ether oxygens (including phenoxy) is 1. The van der Waals surface area contributed by atoms with Gasteiger partial charge in [0, 0.05) is 18.7 Å². The predicted octanol–water partition coefficient (Wildman–Crippen LogP) is 3.29. The minimum absolute atomic E-state index is 0.00149. The molecule has 1 aliphatic rings. The third-order valence-corrected chi connectivity index (χ3v) is 6.48. The van der Waals surface area contributed by atoms with Crippen molar-refractivity contribution in [3.05, 3.63) is 65.5 Å². The maximum atomic E-state index is 13.5. The Morgan fingerprint density at radius 1 is 1.00 bits per heavy atom. The molecular weight excluding hydrogens is 369 g/mol. The van der Waals surface area contributed by atoms with Gasteiger partial charge in [-0.2, -0.15) is 4.31 Å². The van der Waals surface area contributed by atoms with Crippen molar-refractivity contribution in [1.82, 2.24) is 4.31 Å². The van der Waals surface area contributed by atoms with Crippen LogP contribution < -0.4 is 0 Å². The summed E-state index contributed by atoms with van der Waals surface area (Å²) in [5.41, 5.74) is 0.958. The molecule has 2 aromatic carbocycles. The summed E-state index contributed by atoms with van der Waals surface area (Å²) in [5.74, 6) is -0.914. The van der Waals surface area contributed by atoms with Crippen molar-refractivity contribution in [3.8, 4) is 0 Å². The number of nitrogens with zero attached hydrogens (tertiary/aromatic N) is 1. The van der Waals surface area contributed by atoms with Crippen molar-refractivity contribution >= 4 is 16.0 Å². The summed E-state index contributed by atoms with van der Waals surface area (Å²) in [6.07, 6.45) is 2.81. The highest BCUT2D eigenvalue weighted by Gasteiger charge is 2.25. The Bertz CT molecular complexity index is 890. The summed E-state index contributed by atoms with van der Waals surface area (Å²) in [6, 6.07) is 12.4. The number of benzene rings is 2. The molecule has 1 aliphatic heterocycles. The highest BCUT2D eigenvalue weighted by Crippen LogP contribution is 2.21. The van der Waals surface area contributed by atoms with Gasteiger partial charge in [0.15, 0.2) is 0 Å². The summed E-state index contributed by atoms with van der Waals surface area (Å²) in [6.45, 7) is 0.964.